The lowest BCUT2D eigenvalue weighted by Crippen LogP contribution is -2.34. The van der Waals surface area contributed by atoms with Gasteiger partial charge in [0.25, 0.3) is 5.91 Å². The molecule has 3 aromatic rings. The molecule has 11 heteroatoms. The van der Waals surface area contributed by atoms with E-state index in [1.165, 1.54) is 41.8 Å². The molecule has 0 spiro atoms. The second kappa shape index (κ2) is 9.69. The highest BCUT2D eigenvalue weighted by Gasteiger charge is 2.31. The highest BCUT2D eigenvalue weighted by Crippen LogP contribution is 2.35. The topological polar surface area (TPSA) is 118 Å². The fraction of sp³-hybridized carbons (Fsp3) is 0.292. The largest absolute Gasteiger partial charge is 0.573 e. The van der Waals surface area contributed by atoms with Crippen molar-refractivity contribution in [3.8, 4) is 11.5 Å². The van der Waals surface area contributed by atoms with Crippen LogP contribution < -0.4 is 10.1 Å². The third-order valence-electron chi connectivity index (χ3n) is 5.60. The van der Waals surface area contributed by atoms with Crippen molar-refractivity contribution in [2.45, 2.75) is 33.1 Å². The van der Waals surface area contributed by atoms with Crippen LogP contribution in [-0.2, 0) is 9.59 Å². The maximum Gasteiger partial charge on any atom is 0.573 e. The second-order valence-corrected chi connectivity index (χ2v) is 8.12. The Balaban J connectivity index is 2.00. The van der Waals surface area contributed by atoms with Gasteiger partial charge in [0.15, 0.2) is 0 Å². The molecule has 1 heterocycles. The Morgan fingerprint density at radius 3 is 2.29 bits per heavy atom. The number of halogens is 3. The van der Waals surface area contributed by atoms with Gasteiger partial charge in [0.1, 0.15) is 11.5 Å². The van der Waals surface area contributed by atoms with Crippen LogP contribution >= 0.6 is 0 Å². The number of rotatable bonds is 7. The molecule has 0 saturated carbocycles. The minimum Gasteiger partial charge on any atom is -0.508 e. The summed E-state index contributed by atoms with van der Waals surface area (Å²) in [6, 6.07) is 8.70. The van der Waals surface area contributed by atoms with E-state index in [0.717, 1.165) is 12.1 Å². The van der Waals surface area contributed by atoms with Gasteiger partial charge in [-0.05, 0) is 61.9 Å². The van der Waals surface area contributed by atoms with Crippen molar-refractivity contribution in [2.75, 3.05) is 6.54 Å². The summed E-state index contributed by atoms with van der Waals surface area (Å²) in [5.74, 6) is -4.27. The normalized spacial score (nSPS) is 13.3. The minimum atomic E-state index is -4.87. The molecular formula is C24H23F3N2O6. The maximum absolute atomic E-state index is 13.3. The van der Waals surface area contributed by atoms with E-state index in [0.29, 0.717) is 22.2 Å². The lowest BCUT2D eigenvalue weighted by molar-refractivity contribution is -0.274. The van der Waals surface area contributed by atoms with Crippen LogP contribution in [0, 0.1) is 12.8 Å². The summed E-state index contributed by atoms with van der Waals surface area (Å²) in [5.41, 5.74) is 1.29. The number of phenolic OH excluding ortho intramolecular Hbond substituents is 1. The number of phenols is 1. The zero-order valence-electron chi connectivity index (χ0n) is 19.0. The van der Waals surface area contributed by atoms with Crippen LogP contribution in [0.4, 0.5) is 13.2 Å². The molecule has 0 aliphatic heterocycles. The molecule has 8 nitrogen and oxygen atoms in total. The molecule has 1 aromatic heterocycles. The molecule has 186 valence electrons. The number of amides is 1. The van der Waals surface area contributed by atoms with E-state index in [-0.39, 0.29) is 17.9 Å². The first-order chi connectivity index (χ1) is 16.3. The fourth-order valence-electron chi connectivity index (χ4n) is 3.79. The second-order valence-electron chi connectivity index (χ2n) is 8.12. The summed E-state index contributed by atoms with van der Waals surface area (Å²) in [5, 5.41) is 22.1. The Hall–Kier alpha value is -4.02. The number of ether oxygens (including phenoxy) is 1. The number of carboxylic acid groups (broad SMARTS) is 1. The average molecular weight is 492 g/mol. The Morgan fingerprint density at radius 1 is 1.09 bits per heavy atom. The third kappa shape index (κ3) is 5.56. The van der Waals surface area contributed by atoms with Gasteiger partial charge in [-0.15, -0.1) is 13.2 Å². The summed E-state index contributed by atoms with van der Waals surface area (Å²) >= 11 is 0. The van der Waals surface area contributed by atoms with Crippen LogP contribution in [0.3, 0.4) is 0 Å². The number of aromatic hydroxyl groups is 1. The molecule has 1 amide bonds. The van der Waals surface area contributed by atoms with E-state index in [4.69, 9.17) is 5.11 Å². The number of benzene rings is 2. The van der Waals surface area contributed by atoms with Crippen molar-refractivity contribution in [3.63, 3.8) is 0 Å². The van der Waals surface area contributed by atoms with Crippen molar-refractivity contribution in [3.05, 3.63) is 59.3 Å². The van der Waals surface area contributed by atoms with Crippen LogP contribution in [0.5, 0.6) is 11.5 Å². The molecule has 3 rings (SSSR count). The number of hydrogen-bond acceptors (Lipinski definition) is 5. The van der Waals surface area contributed by atoms with Gasteiger partial charge >= 0.3 is 12.3 Å². The van der Waals surface area contributed by atoms with Gasteiger partial charge in [0.05, 0.1) is 17.4 Å². The fourth-order valence-corrected chi connectivity index (χ4v) is 3.79. The van der Waals surface area contributed by atoms with E-state index in [2.05, 4.69) is 10.1 Å². The Bertz CT molecular complexity index is 1280. The molecule has 0 radical (unpaired) electrons. The number of aliphatic carboxylic acids is 1. The van der Waals surface area contributed by atoms with Crippen LogP contribution in [0.15, 0.2) is 42.5 Å². The molecular weight excluding hydrogens is 469 g/mol. The average Bonchev–Trinajstić information content (AvgIpc) is 3.06. The standard InChI is InChI=1S/C24H23F3N2O6/c1-12(23(33)34)11-28-21(31)13(2)20-14(3)29(19-9-6-16(30)10-18(19)20)22(32)15-4-7-17(8-5-15)35-24(25,26)27/h4-10,12-13,30H,11H2,1-3H3,(H,28,31)(H,33,34)/t12?,13-/m0/s1. The number of nitrogens with zero attached hydrogens (tertiary/aromatic N) is 1. The van der Waals surface area contributed by atoms with Crippen molar-refractivity contribution >= 4 is 28.7 Å². The van der Waals surface area contributed by atoms with Crippen LogP contribution in [0.25, 0.3) is 10.9 Å². The number of carbonyl (C=O) groups excluding carboxylic acids is 2. The van der Waals surface area contributed by atoms with Gasteiger partial charge in [-0.1, -0.05) is 6.92 Å². The number of nitrogens with one attached hydrogen (secondary N) is 1. The van der Waals surface area contributed by atoms with Crippen molar-refractivity contribution < 1.29 is 42.5 Å². The molecule has 0 aliphatic carbocycles. The van der Waals surface area contributed by atoms with Crippen LogP contribution in [-0.4, -0.2) is 45.5 Å². The number of aromatic nitrogens is 1. The quantitative estimate of drug-likeness (QED) is 0.456. The number of fused-ring (bicyclic) bond motifs is 1. The highest BCUT2D eigenvalue weighted by atomic mass is 19.4. The van der Waals surface area contributed by atoms with Crippen LogP contribution in [0.1, 0.15) is 41.4 Å². The van der Waals surface area contributed by atoms with E-state index in [9.17, 15) is 32.7 Å². The maximum atomic E-state index is 13.3. The zero-order valence-corrected chi connectivity index (χ0v) is 19.0. The Morgan fingerprint density at radius 2 is 1.71 bits per heavy atom. The Kier molecular flexibility index (Phi) is 7.09. The predicted molar refractivity (Wildman–Crippen MR) is 119 cm³/mol. The van der Waals surface area contributed by atoms with E-state index >= 15 is 0 Å². The first-order valence-corrected chi connectivity index (χ1v) is 10.5. The summed E-state index contributed by atoms with van der Waals surface area (Å²) in [7, 11) is 0. The van der Waals surface area contributed by atoms with Crippen molar-refractivity contribution in [1.82, 2.24) is 9.88 Å². The van der Waals surface area contributed by atoms with Gasteiger partial charge in [-0.3, -0.25) is 19.0 Å². The zero-order chi connectivity index (χ0) is 26.1. The van der Waals surface area contributed by atoms with E-state index in [1.807, 2.05) is 0 Å². The summed E-state index contributed by atoms with van der Waals surface area (Å²) < 4.78 is 42.4. The molecule has 0 fully saturated rings. The summed E-state index contributed by atoms with van der Waals surface area (Å²) in [6.07, 6.45) is -4.87. The molecule has 3 N–H and O–H groups in total. The van der Waals surface area contributed by atoms with Gasteiger partial charge in [0.2, 0.25) is 5.91 Å². The van der Waals surface area contributed by atoms with E-state index in [1.54, 1.807) is 13.8 Å². The number of carboxylic acids is 1. The molecule has 1 unspecified atom stereocenters. The molecule has 2 atom stereocenters. The number of hydrogen-bond donors (Lipinski definition) is 3. The molecule has 2 aromatic carbocycles. The first kappa shape index (κ1) is 25.6. The van der Waals surface area contributed by atoms with Crippen molar-refractivity contribution in [1.29, 1.82) is 0 Å². The predicted octanol–water partition coefficient (Wildman–Crippen LogP) is 4.18. The minimum absolute atomic E-state index is 0.0755. The lowest BCUT2D eigenvalue weighted by Gasteiger charge is -2.15. The van der Waals surface area contributed by atoms with Gasteiger partial charge in [-0.2, -0.15) is 0 Å². The van der Waals surface area contributed by atoms with Gasteiger partial charge < -0.3 is 20.3 Å². The molecule has 0 bridgehead atoms. The van der Waals surface area contributed by atoms with Crippen LogP contribution in [0.2, 0.25) is 0 Å². The Labute approximate surface area is 197 Å². The SMILES string of the molecule is Cc1c([C@H](C)C(=O)NCC(C)C(=O)O)c2cc(O)ccc2n1C(=O)c1ccc(OC(F)(F)F)cc1. The smallest absolute Gasteiger partial charge is 0.508 e. The van der Waals surface area contributed by atoms with Crippen molar-refractivity contribution in [2.24, 2.45) is 5.92 Å². The number of carbonyl (C=O) groups is 3. The van der Waals surface area contributed by atoms with Gasteiger partial charge in [0, 0.05) is 23.2 Å². The number of alkyl halides is 3. The summed E-state index contributed by atoms with van der Waals surface area (Å²) in [6.45, 7) is 4.55. The highest BCUT2D eigenvalue weighted by molar-refractivity contribution is 6.05. The molecule has 0 saturated heterocycles. The third-order valence-corrected chi connectivity index (χ3v) is 5.60. The lowest BCUT2D eigenvalue weighted by atomic mass is 9.96. The molecule has 35 heavy (non-hydrogen) atoms. The van der Waals surface area contributed by atoms with E-state index < -0.39 is 41.7 Å². The summed E-state index contributed by atoms with van der Waals surface area (Å²) in [4.78, 5) is 37.2. The van der Waals surface area contributed by atoms with Gasteiger partial charge in [-0.25, -0.2) is 0 Å². The first-order valence-electron chi connectivity index (χ1n) is 10.5. The molecule has 0 aliphatic rings. The monoisotopic (exact) mass is 492 g/mol.